The molecule has 1 saturated heterocycles. The van der Waals surface area contributed by atoms with Crippen LogP contribution in [0.2, 0.25) is 0 Å². The average molecular weight is 388 g/mol. The van der Waals surface area contributed by atoms with E-state index in [0.717, 1.165) is 0 Å². The summed E-state index contributed by atoms with van der Waals surface area (Å²) in [4.78, 5) is 24.5. The maximum absolute atomic E-state index is 12.4. The summed E-state index contributed by atoms with van der Waals surface area (Å²) in [7, 11) is 0. The Morgan fingerprint density at radius 1 is 1.00 bits per heavy atom. The number of carbonyl (C=O) groups excluding carboxylic acids is 2. The molecule has 1 aliphatic rings. The van der Waals surface area contributed by atoms with Crippen molar-refractivity contribution in [3.63, 3.8) is 0 Å². The molecule has 0 bridgehead atoms. The van der Waals surface area contributed by atoms with Crippen molar-refractivity contribution in [2.45, 2.75) is 23.7 Å². The number of hydrogen-bond acceptors (Lipinski definition) is 7. The highest BCUT2D eigenvalue weighted by molar-refractivity contribution is 7.99. The zero-order valence-electron chi connectivity index (χ0n) is 14.7. The second-order valence-corrected chi connectivity index (χ2v) is 6.98. The Bertz CT molecular complexity index is 767. The van der Waals surface area contributed by atoms with E-state index in [4.69, 9.17) is 14.2 Å². The molecule has 0 spiro atoms. The summed E-state index contributed by atoms with van der Waals surface area (Å²) in [5.74, 6) is -1.02. The monoisotopic (exact) mass is 388 g/mol. The summed E-state index contributed by atoms with van der Waals surface area (Å²) >= 11 is 1.33. The van der Waals surface area contributed by atoms with Crippen LogP contribution >= 0.6 is 11.8 Å². The van der Waals surface area contributed by atoms with Gasteiger partial charge in [0.2, 0.25) is 0 Å². The van der Waals surface area contributed by atoms with Crippen LogP contribution in [-0.2, 0) is 14.2 Å². The van der Waals surface area contributed by atoms with Gasteiger partial charge in [-0.25, -0.2) is 9.59 Å². The maximum atomic E-state index is 12.4. The molecule has 0 radical (unpaired) electrons. The van der Waals surface area contributed by atoms with Crippen molar-refractivity contribution in [3.05, 3.63) is 71.8 Å². The lowest BCUT2D eigenvalue weighted by Crippen LogP contribution is -2.37. The summed E-state index contributed by atoms with van der Waals surface area (Å²) in [5.41, 5.74) is 0.814. The van der Waals surface area contributed by atoms with E-state index in [-0.39, 0.29) is 6.61 Å². The zero-order valence-corrected chi connectivity index (χ0v) is 15.5. The van der Waals surface area contributed by atoms with Gasteiger partial charge in [0.1, 0.15) is 18.8 Å². The number of aliphatic hydroxyl groups excluding tert-OH is 1. The molecular weight excluding hydrogens is 368 g/mol. The fourth-order valence-corrected chi connectivity index (χ4v) is 3.61. The van der Waals surface area contributed by atoms with Gasteiger partial charge in [-0.2, -0.15) is 11.8 Å². The van der Waals surface area contributed by atoms with Crippen LogP contribution in [0.4, 0.5) is 0 Å². The number of carbonyl (C=O) groups is 2. The van der Waals surface area contributed by atoms with E-state index in [9.17, 15) is 14.7 Å². The molecule has 0 aromatic heterocycles. The molecule has 7 heteroatoms. The Balaban J connectivity index is 1.67. The van der Waals surface area contributed by atoms with E-state index in [1.807, 2.05) is 0 Å². The van der Waals surface area contributed by atoms with Gasteiger partial charge in [-0.1, -0.05) is 36.4 Å². The summed E-state index contributed by atoms with van der Waals surface area (Å²) in [6.07, 6.45) is -0.822. The first kappa shape index (κ1) is 19.4. The molecule has 1 fully saturated rings. The Labute approximate surface area is 161 Å². The van der Waals surface area contributed by atoms with Crippen molar-refractivity contribution in [1.29, 1.82) is 0 Å². The number of rotatable bonds is 6. The molecule has 0 aliphatic carbocycles. The minimum absolute atomic E-state index is 0.130. The molecule has 0 amide bonds. The predicted octanol–water partition coefficient (Wildman–Crippen LogP) is 2.52. The number of ether oxygens (including phenoxy) is 3. The Morgan fingerprint density at radius 3 is 2.11 bits per heavy atom. The van der Waals surface area contributed by atoms with Crippen molar-refractivity contribution in [2.24, 2.45) is 0 Å². The van der Waals surface area contributed by atoms with E-state index in [1.165, 1.54) is 11.8 Å². The van der Waals surface area contributed by atoms with Gasteiger partial charge in [0.25, 0.3) is 0 Å². The number of thioether (sulfide) groups is 1. The van der Waals surface area contributed by atoms with Crippen LogP contribution in [0, 0.1) is 0 Å². The summed E-state index contributed by atoms with van der Waals surface area (Å²) in [6.45, 7) is -0.130. The Morgan fingerprint density at radius 2 is 1.56 bits per heavy atom. The van der Waals surface area contributed by atoms with E-state index >= 15 is 0 Å². The second kappa shape index (κ2) is 9.03. The number of aliphatic hydroxyl groups is 1. The Hall–Kier alpha value is -2.35. The van der Waals surface area contributed by atoms with Gasteiger partial charge in [-0.05, 0) is 30.5 Å². The Kier molecular flexibility index (Phi) is 6.49. The summed E-state index contributed by atoms with van der Waals surface area (Å²) < 4.78 is 16.4. The van der Waals surface area contributed by atoms with E-state index in [2.05, 4.69) is 0 Å². The third-order valence-electron chi connectivity index (χ3n) is 4.20. The lowest BCUT2D eigenvalue weighted by molar-refractivity contribution is -0.109. The maximum Gasteiger partial charge on any atom is 0.338 e. The normalized spacial score (nSPS) is 24.4. The first-order chi connectivity index (χ1) is 13.1. The fraction of sp³-hybridized carbons (Fsp3) is 0.300. The molecular formula is C20H20O6S. The molecule has 1 aliphatic heterocycles. The fourth-order valence-electron chi connectivity index (χ4n) is 2.82. The quantitative estimate of drug-likeness (QED) is 0.762. The van der Waals surface area contributed by atoms with Crippen molar-refractivity contribution in [1.82, 2.24) is 0 Å². The van der Waals surface area contributed by atoms with Crippen LogP contribution < -0.4 is 0 Å². The first-order valence-corrected chi connectivity index (χ1v) is 9.73. The average Bonchev–Trinajstić information content (AvgIpc) is 3.01. The van der Waals surface area contributed by atoms with Crippen molar-refractivity contribution >= 4 is 23.7 Å². The topological polar surface area (TPSA) is 82.1 Å². The molecule has 4 atom stereocenters. The largest absolute Gasteiger partial charge is 0.459 e. The van der Waals surface area contributed by atoms with E-state index in [0.29, 0.717) is 11.1 Å². The molecule has 27 heavy (non-hydrogen) atoms. The predicted molar refractivity (Wildman–Crippen MR) is 101 cm³/mol. The van der Waals surface area contributed by atoms with Crippen LogP contribution in [0.5, 0.6) is 0 Å². The van der Waals surface area contributed by atoms with Crippen LogP contribution in [0.25, 0.3) is 0 Å². The van der Waals surface area contributed by atoms with Crippen molar-refractivity contribution in [3.8, 4) is 0 Å². The third kappa shape index (κ3) is 4.68. The lowest BCUT2D eigenvalue weighted by atomic mass is 10.1. The molecule has 3 rings (SSSR count). The van der Waals surface area contributed by atoms with Crippen LogP contribution in [0.1, 0.15) is 20.7 Å². The van der Waals surface area contributed by atoms with Gasteiger partial charge in [-0.15, -0.1) is 0 Å². The lowest BCUT2D eigenvalue weighted by Gasteiger charge is -2.22. The van der Waals surface area contributed by atoms with Crippen LogP contribution in [0.15, 0.2) is 60.7 Å². The molecule has 0 saturated carbocycles. The second-order valence-electron chi connectivity index (χ2n) is 5.97. The van der Waals surface area contributed by atoms with Crippen molar-refractivity contribution in [2.75, 3.05) is 12.9 Å². The van der Waals surface area contributed by atoms with Gasteiger partial charge in [0, 0.05) is 0 Å². The molecule has 2 aromatic rings. The highest BCUT2D eigenvalue weighted by Gasteiger charge is 2.46. The standard InChI is InChI=1S/C20H20O6S/c1-27-17-16(26-19(22)14-10-6-3-7-11-14)15(25-20(17)23)12-24-18(21)13-8-4-2-5-9-13/h2-11,15-17,20,23H,12H2,1H3/t15-,16+,17+,20+/m0/s1. The molecule has 142 valence electrons. The van der Waals surface area contributed by atoms with E-state index < -0.39 is 35.7 Å². The number of hydrogen-bond donors (Lipinski definition) is 1. The van der Waals surface area contributed by atoms with Gasteiger partial charge in [-0.3, -0.25) is 0 Å². The highest BCUT2D eigenvalue weighted by Crippen LogP contribution is 2.31. The summed E-state index contributed by atoms with van der Waals surface area (Å²) in [6, 6.07) is 17.1. The molecule has 6 nitrogen and oxygen atoms in total. The van der Waals surface area contributed by atoms with Crippen LogP contribution in [-0.4, -0.2) is 53.7 Å². The third-order valence-corrected chi connectivity index (χ3v) is 5.24. The smallest absolute Gasteiger partial charge is 0.338 e. The zero-order chi connectivity index (χ0) is 19.2. The highest BCUT2D eigenvalue weighted by atomic mass is 32.2. The van der Waals surface area contributed by atoms with Gasteiger partial charge < -0.3 is 19.3 Å². The SMILES string of the molecule is CS[C@@H]1[C@H](OC(=O)c2ccccc2)[C@H](COC(=O)c2ccccc2)O[C@H]1O. The van der Waals surface area contributed by atoms with E-state index in [1.54, 1.807) is 66.9 Å². The molecule has 2 aromatic carbocycles. The summed E-state index contributed by atoms with van der Waals surface area (Å²) in [5, 5.41) is 9.65. The molecule has 1 heterocycles. The van der Waals surface area contributed by atoms with Gasteiger partial charge in [0.15, 0.2) is 6.29 Å². The first-order valence-electron chi connectivity index (χ1n) is 8.44. The van der Waals surface area contributed by atoms with Crippen molar-refractivity contribution < 1.29 is 28.9 Å². The molecule has 1 N–H and O–H groups in total. The van der Waals surface area contributed by atoms with Crippen LogP contribution in [0.3, 0.4) is 0 Å². The number of esters is 2. The minimum atomic E-state index is -1.12. The number of benzene rings is 2. The minimum Gasteiger partial charge on any atom is -0.459 e. The van der Waals surface area contributed by atoms with Gasteiger partial charge in [0.05, 0.1) is 16.4 Å². The van der Waals surface area contributed by atoms with Gasteiger partial charge >= 0.3 is 11.9 Å². The molecule has 0 unspecified atom stereocenters.